The van der Waals surface area contributed by atoms with Crippen LogP contribution in [-0.4, -0.2) is 86.4 Å². The van der Waals surface area contributed by atoms with Crippen LogP contribution in [0.5, 0.6) is 11.5 Å². The number of sulfonamides is 1. The number of H-pyrrole nitrogens is 1. The maximum atomic E-state index is 14.0. The third-order valence-electron chi connectivity index (χ3n) is 7.82. The van der Waals surface area contributed by atoms with Crippen LogP contribution < -0.4 is 14.5 Å². The van der Waals surface area contributed by atoms with Gasteiger partial charge >= 0.3 is 12.6 Å². The number of hydrogen-bond donors (Lipinski definition) is 0. The lowest BCUT2D eigenvalue weighted by Gasteiger charge is -2.34. The van der Waals surface area contributed by atoms with Gasteiger partial charge in [0.15, 0.2) is 23.9 Å². The number of nitrogens with one attached hydrogen (secondary N) is 1. The number of nitrogens with zero attached hydrogens (tertiary/aromatic N) is 2. The molecular weight excluding hydrogens is 727 g/mol. The molecule has 11 nitrogen and oxygen atoms in total. The minimum Gasteiger partial charge on any atom is -0.870 e. The van der Waals surface area contributed by atoms with Gasteiger partial charge < -0.3 is 24.6 Å². The molecule has 5 rings (SSSR count). The van der Waals surface area contributed by atoms with Gasteiger partial charge in [-0.15, -0.1) is 0 Å². The van der Waals surface area contributed by atoms with Gasteiger partial charge in [-0.1, -0.05) is 35.3 Å². The van der Waals surface area contributed by atoms with Crippen molar-refractivity contribution in [3.63, 3.8) is 0 Å². The van der Waals surface area contributed by atoms with Crippen molar-refractivity contribution < 1.29 is 51.5 Å². The Bertz CT molecular complexity index is 1750. The summed E-state index contributed by atoms with van der Waals surface area (Å²) in [4.78, 5) is 30.6. The number of pyridine rings is 1. The first-order valence-corrected chi connectivity index (χ1v) is 18.4. The van der Waals surface area contributed by atoms with E-state index in [1.165, 1.54) is 71.5 Å². The van der Waals surface area contributed by atoms with Crippen LogP contribution in [0.4, 0.5) is 8.78 Å². The molecule has 1 aromatic heterocycles. The highest BCUT2D eigenvalue weighted by Gasteiger charge is 2.40. The van der Waals surface area contributed by atoms with Crippen LogP contribution in [0.15, 0.2) is 59.8 Å². The van der Waals surface area contributed by atoms with Crippen molar-refractivity contribution in [2.75, 3.05) is 38.8 Å². The minimum atomic E-state index is -4.25. The molecule has 0 bridgehead atoms. The molecule has 1 aliphatic carbocycles. The summed E-state index contributed by atoms with van der Waals surface area (Å²) in [7, 11) is -1.13. The van der Waals surface area contributed by atoms with E-state index in [1.807, 2.05) is 0 Å². The third-order valence-corrected chi connectivity index (χ3v) is 11.4. The molecule has 2 atom stereocenters. The normalized spacial score (nSPS) is 17.2. The predicted octanol–water partition coefficient (Wildman–Crippen LogP) is 5.36. The largest absolute Gasteiger partial charge is 0.870 e. The lowest BCUT2D eigenvalue weighted by Crippen LogP contribution is -2.51. The van der Waals surface area contributed by atoms with Crippen molar-refractivity contribution >= 4 is 56.9 Å². The first-order chi connectivity index (χ1) is 22.8. The number of carbonyl (C=O) groups is 2. The van der Waals surface area contributed by atoms with Gasteiger partial charge in [0.2, 0.25) is 10.0 Å². The number of aromatic nitrogens is 1. The molecule has 17 heteroatoms. The van der Waals surface area contributed by atoms with Gasteiger partial charge in [-0.3, -0.25) is 9.59 Å². The summed E-state index contributed by atoms with van der Waals surface area (Å²) in [6.07, 6.45) is 3.82. The second-order valence-electron chi connectivity index (χ2n) is 11.5. The molecule has 266 valence electrons. The average molecular weight is 763 g/mol. The summed E-state index contributed by atoms with van der Waals surface area (Å²) in [5, 5.41) is 0.520. The van der Waals surface area contributed by atoms with Crippen LogP contribution in [0.25, 0.3) is 0 Å². The molecule has 2 aromatic carbocycles. The molecular formula is C32H35Cl2F2N3O8S2. The Morgan fingerprint density at radius 2 is 1.80 bits per heavy atom. The van der Waals surface area contributed by atoms with Crippen LogP contribution in [0.3, 0.4) is 0 Å². The molecule has 1 amide bonds. The van der Waals surface area contributed by atoms with E-state index in [9.17, 15) is 26.8 Å². The zero-order chi connectivity index (χ0) is 34.6. The quantitative estimate of drug-likeness (QED) is 0.210. The van der Waals surface area contributed by atoms with Crippen molar-refractivity contribution in [1.82, 2.24) is 9.21 Å². The molecule has 2 fully saturated rings. The van der Waals surface area contributed by atoms with Crippen molar-refractivity contribution in [3.8, 4) is 11.5 Å². The van der Waals surface area contributed by atoms with Crippen molar-refractivity contribution in [2.45, 2.75) is 42.9 Å². The number of aromatic amines is 1. The molecule has 2 N–H and O–H groups in total. The van der Waals surface area contributed by atoms with E-state index in [4.69, 9.17) is 32.7 Å². The van der Waals surface area contributed by atoms with Crippen molar-refractivity contribution in [2.24, 2.45) is 5.92 Å². The predicted molar refractivity (Wildman–Crippen MR) is 178 cm³/mol. The maximum Gasteiger partial charge on any atom is 0.387 e. The smallest absolute Gasteiger partial charge is 0.387 e. The molecule has 1 aliphatic heterocycles. The number of ether oxygens (including phenoxy) is 3. The summed E-state index contributed by atoms with van der Waals surface area (Å²) >= 11 is 14.3. The topological polar surface area (TPSA) is 147 Å². The Morgan fingerprint density at radius 1 is 1.08 bits per heavy atom. The number of benzene rings is 2. The fourth-order valence-corrected chi connectivity index (χ4v) is 8.47. The fourth-order valence-electron chi connectivity index (χ4n) is 5.07. The molecule has 0 radical (unpaired) electrons. The second kappa shape index (κ2) is 16.7. The number of esters is 1. The molecule has 49 heavy (non-hydrogen) atoms. The minimum absolute atomic E-state index is 0. The van der Waals surface area contributed by atoms with Gasteiger partial charge in [0, 0.05) is 49.7 Å². The Hall–Kier alpha value is -3.21. The molecule has 2 heterocycles. The number of hydrogen-bond acceptors (Lipinski definition) is 9. The first-order valence-electron chi connectivity index (χ1n) is 15.0. The van der Waals surface area contributed by atoms with Crippen LogP contribution in [-0.2, 0) is 26.0 Å². The van der Waals surface area contributed by atoms with Crippen LogP contribution in [0.2, 0.25) is 10.0 Å². The number of halogens is 4. The third kappa shape index (κ3) is 9.52. The van der Waals surface area contributed by atoms with Gasteiger partial charge in [-0.05, 0) is 54.7 Å². The first kappa shape index (κ1) is 38.6. The molecule has 1 saturated heterocycles. The van der Waals surface area contributed by atoms with Gasteiger partial charge in [-0.25, -0.2) is 13.4 Å². The van der Waals surface area contributed by atoms with E-state index < -0.39 is 34.7 Å². The van der Waals surface area contributed by atoms with E-state index >= 15 is 0 Å². The zero-order valence-corrected chi connectivity index (χ0v) is 29.6. The van der Waals surface area contributed by atoms with Crippen LogP contribution >= 0.6 is 35.0 Å². The number of amides is 1. The summed E-state index contributed by atoms with van der Waals surface area (Å²) < 4.78 is 72.0. The molecule has 0 spiro atoms. The number of carbonyl (C=O) groups excluding carboxylic acids is 2. The van der Waals surface area contributed by atoms with Crippen molar-refractivity contribution in [3.05, 3.63) is 81.6 Å². The average Bonchev–Trinajstić information content (AvgIpc) is 3.89. The van der Waals surface area contributed by atoms with E-state index in [0.717, 1.165) is 17.1 Å². The summed E-state index contributed by atoms with van der Waals surface area (Å²) in [6.45, 7) is -2.77. The second-order valence-corrected chi connectivity index (χ2v) is 15.4. The van der Waals surface area contributed by atoms with E-state index in [2.05, 4.69) is 9.72 Å². The van der Waals surface area contributed by atoms with Crippen LogP contribution in [0.1, 0.15) is 40.4 Å². The Labute approximate surface area is 297 Å². The summed E-state index contributed by atoms with van der Waals surface area (Å²) in [6, 6.07) is 8.67. The Kier molecular flexibility index (Phi) is 13.1. The Morgan fingerprint density at radius 3 is 2.45 bits per heavy atom. The van der Waals surface area contributed by atoms with Crippen LogP contribution in [0, 0.1) is 5.92 Å². The molecule has 1 saturated carbocycles. The van der Waals surface area contributed by atoms with Gasteiger partial charge in [-0.2, -0.15) is 24.8 Å². The standard InChI is InChI=1S/C32H33Cl2F2N3O7S2.H2O/c1-38(2)30(40)21-4-3-5-22(12-21)48(42,43)39-10-11-47-18-26(39)31(41)45-28(14-23-24(33)15-37-16-25(23)34)20-8-9-27(46-32(35)36)29(13-20)44-17-19-6-7-19;/h3-5,8-9,12-13,15-16,19,26,28,32H,6-7,10-11,14,17-18H2,1-2H3;1H2/t26?,28-;/m0./s1. The van der Waals surface area contributed by atoms with Gasteiger partial charge in [0.05, 0.1) is 11.5 Å². The van der Waals surface area contributed by atoms with E-state index in [-0.39, 0.29) is 62.1 Å². The monoisotopic (exact) mass is 761 g/mol. The summed E-state index contributed by atoms with van der Waals surface area (Å²) in [5.41, 5.74) is 0.982. The zero-order valence-electron chi connectivity index (χ0n) is 26.5. The maximum absolute atomic E-state index is 14.0. The number of rotatable bonds is 13. The number of alkyl halides is 2. The lowest BCUT2D eigenvalue weighted by atomic mass is 10.0. The molecule has 1 unspecified atom stereocenters. The lowest BCUT2D eigenvalue weighted by molar-refractivity contribution is -0.377. The van der Waals surface area contributed by atoms with E-state index in [1.54, 1.807) is 14.1 Å². The number of thioether (sulfide) groups is 1. The molecule has 2 aliphatic rings. The Balaban J connectivity index is 0.00000541. The van der Waals surface area contributed by atoms with E-state index in [0.29, 0.717) is 29.4 Å². The highest BCUT2D eigenvalue weighted by atomic mass is 35.5. The fraction of sp³-hybridized carbons (Fsp3) is 0.406. The van der Waals surface area contributed by atoms with Gasteiger partial charge in [0.1, 0.15) is 22.2 Å². The highest BCUT2D eigenvalue weighted by Crippen LogP contribution is 2.38. The summed E-state index contributed by atoms with van der Waals surface area (Å²) in [5.74, 6) is -0.495. The van der Waals surface area contributed by atoms with Crippen molar-refractivity contribution in [1.29, 1.82) is 0 Å². The molecule has 3 aromatic rings. The highest BCUT2D eigenvalue weighted by molar-refractivity contribution is 7.99. The SMILES string of the molecule is CN(C)C(=O)c1cccc(S(=O)(=O)N2CCSCC2C(=O)O[C@@H](Cc2c(Cl)c[nH+]cc2Cl)c2ccc(OC(F)F)c(OCC3CC3)c2)c1.[OH-]. The van der Waals surface area contributed by atoms with Gasteiger partial charge in [0.25, 0.3) is 5.91 Å².